The van der Waals surface area contributed by atoms with Crippen LogP contribution in [0.15, 0.2) is 12.1 Å². The molecule has 0 radical (unpaired) electrons. The third kappa shape index (κ3) is 1.56. The second-order valence-electron chi connectivity index (χ2n) is 4.77. The molecule has 6 heteroatoms. The first-order chi connectivity index (χ1) is 8.58. The monoisotopic (exact) mass is 252 g/mol. The molecule has 2 aromatic rings. The summed E-state index contributed by atoms with van der Waals surface area (Å²) in [4.78, 5) is 6.23. The lowest BCUT2D eigenvalue weighted by atomic mass is 10.2. The van der Waals surface area contributed by atoms with Gasteiger partial charge in [0.05, 0.1) is 11.6 Å². The van der Waals surface area contributed by atoms with Crippen LogP contribution >= 0.6 is 0 Å². The van der Waals surface area contributed by atoms with E-state index in [4.69, 9.17) is 5.73 Å². The van der Waals surface area contributed by atoms with Crippen LogP contribution in [-0.4, -0.2) is 34.6 Å². The first-order valence-corrected chi connectivity index (χ1v) is 5.88. The summed E-state index contributed by atoms with van der Waals surface area (Å²) in [7, 11) is 1.99. The lowest BCUT2D eigenvalue weighted by Gasteiger charge is -2.15. The molecule has 2 N–H and O–H groups in total. The number of imidazole rings is 1. The number of anilines is 1. The van der Waals surface area contributed by atoms with Crippen LogP contribution in [0.25, 0.3) is 11.0 Å². The van der Waals surface area contributed by atoms with E-state index in [0.29, 0.717) is 5.52 Å². The standard InChI is InChI=1S/C12H14F2N4/c1-17-5-4-7(6-17)18-11-9(16-12(18)15)3-2-8(13)10(11)14/h2-3,7H,4-6H2,1H3,(H2,15,16). The van der Waals surface area contributed by atoms with Gasteiger partial charge < -0.3 is 15.2 Å². The highest BCUT2D eigenvalue weighted by atomic mass is 19.2. The van der Waals surface area contributed by atoms with Gasteiger partial charge in [-0.05, 0) is 32.1 Å². The maximum absolute atomic E-state index is 13.9. The summed E-state index contributed by atoms with van der Waals surface area (Å²) in [6.07, 6.45) is 0.863. The maximum Gasteiger partial charge on any atom is 0.201 e. The molecule has 0 amide bonds. The van der Waals surface area contributed by atoms with Gasteiger partial charge in [-0.3, -0.25) is 0 Å². The summed E-state index contributed by atoms with van der Waals surface area (Å²) in [5, 5.41) is 0. The van der Waals surface area contributed by atoms with Crippen molar-refractivity contribution in [3.05, 3.63) is 23.8 Å². The van der Waals surface area contributed by atoms with Crippen molar-refractivity contribution in [3.8, 4) is 0 Å². The number of nitrogen functional groups attached to an aromatic ring is 1. The van der Waals surface area contributed by atoms with Crippen LogP contribution in [0.4, 0.5) is 14.7 Å². The number of hydrogen-bond acceptors (Lipinski definition) is 3. The summed E-state index contributed by atoms with van der Waals surface area (Å²) in [6, 6.07) is 2.59. The Balaban J connectivity index is 2.21. The molecule has 2 heterocycles. The zero-order valence-electron chi connectivity index (χ0n) is 10.0. The minimum atomic E-state index is -0.869. The van der Waals surface area contributed by atoms with Gasteiger partial charge in [0.2, 0.25) is 5.95 Å². The van der Waals surface area contributed by atoms with Gasteiger partial charge in [0, 0.05) is 6.54 Å². The fourth-order valence-corrected chi connectivity index (χ4v) is 2.63. The van der Waals surface area contributed by atoms with Crippen molar-refractivity contribution < 1.29 is 8.78 Å². The molecular formula is C12H14F2N4. The maximum atomic E-state index is 13.9. The molecule has 1 unspecified atom stereocenters. The van der Waals surface area contributed by atoms with E-state index in [1.54, 1.807) is 4.57 Å². The van der Waals surface area contributed by atoms with E-state index in [-0.39, 0.29) is 17.5 Å². The summed E-state index contributed by atoms with van der Waals surface area (Å²) >= 11 is 0. The number of likely N-dealkylation sites (N-methyl/N-ethyl adjacent to an activating group) is 1. The number of hydrogen-bond donors (Lipinski definition) is 1. The Bertz CT molecular complexity index is 608. The van der Waals surface area contributed by atoms with Crippen LogP contribution in [0.2, 0.25) is 0 Å². The largest absolute Gasteiger partial charge is 0.369 e. The van der Waals surface area contributed by atoms with Crippen molar-refractivity contribution in [2.75, 3.05) is 25.9 Å². The first kappa shape index (κ1) is 11.4. The quantitative estimate of drug-likeness (QED) is 0.841. The molecule has 3 rings (SSSR count). The number of rotatable bonds is 1. The van der Waals surface area contributed by atoms with Gasteiger partial charge in [-0.1, -0.05) is 0 Å². The molecule has 0 spiro atoms. The first-order valence-electron chi connectivity index (χ1n) is 5.88. The molecule has 1 aromatic carbocycles. The second kappa shape index (κ2) is 3.91. The summed E-state index contributed by atoms with van der Waals surface area (Å²) in [5.41, 5.74) is 6.42. The van der Waals surface area contributed by atoms with Gasteiger partial charge in [-0.25, -0.2) is 13.8 Å². The minimum absolute atomic E-state index is 0.0521. The smallest absolute Gasteiger partial charge is 0.201 e. The number of benzene rings is 1. The zero-order chi connectivity index (χ0) is 12.9. The number of halogens is 2. The van der Waals surface area contributed by atoms with E-state index in [1.807, 2.05) is 7.05 Å². The van der Waals surface area contributed by atoms with Crippen molar-refractivity contribution in [3.63, 3.8) is 0 Å². The summed E-state index contributed by atoms with van der Waals surface area (Å²) < 4.78 is 28.9. The van der Waals surface area contributed by atoms with Crippen LogP contribution in [0.5, 0.6) is 0 Å². The van der Waals surface area contributed by atoms with Crippen LogP contribution in [-0.2, 0) is 0 Å². The predicted octanol–water partition coefficient (Wildman–Crippen LogP) is 1.77. The Morgan fingerprint density at radius 2 is 2.17 bits per heavy atom. The van der Waals surface area contributed by atoms with E-state index < -0.39 is 11.6 Å². The van der Waals surface area contributed by atoms with Gasteiger partial charge in [0.25, 0.3) is 0 Å². The van der Waals surface area contributed by atoms with Gasteiger partial charge in [0.1, 0.15) is 5.52 Å². The molecule has 1 aliphatic heterocycles. The highest BCUT2D eigenvalue weighted by Gasteiger charge is 2.26. The molecule has 4 nitrogen and oxygen atoms in total. The number of fused-ring (bicyclic) bond motifs is 1. The molecule has 1 saturated heterocycles. The second-order valence-corrected chi connectivity index (χ2v) is 4.77. The van der Waals surface area contributed by atoms with E-state index in [9.17, 15) is 8.78 Å². The van der Waals surface area contributed by atoms with Crippen molar-refractivity contribution >= 4 is 17.0 Å². The molecule has 96 valence electrons. The number of likely N-dealkylation sites (tertiary alicyclic amines) is 1. The van der Waals surface area contributed by atoms with Crippen LogP contribution < -0.4 is 5.73 Å². The van der Waals surface area contributed by atoms with E-state index >= 15 is 0 Å². The van der Waals surface area contributed by atoms with Crippen molar-refractivity contribution in [1.29, 1.82) is 0 Å². The topological polar surface area (TPSA) is 47.1 Å². The van der Waals surface area contributed by atoms with Crippen molar-refractivity contribution in [1.82, 2.24) is 14.5 Å². The van der Waals surface area contributed by atoms with E-state index in [2.05, 4.69) is 9.88 Å². The number of nitrogens with zero attached hydrogens (tertiary/aromatic N) is 3. The number of nitrogens with two attached hydrogens (primary N) is 1. The highest BCUT2D eigenvalue weighted by Crippen LogP contribution is 2.30. The third-order valence-electron chi connectivity index (χ3n) is 3.50. The fourth-order valence-electron chi connectivity index (χ4n) is 2.63. The Hall–Kier alpha value is -1.69. The Morgan fingerprint density at radius 3 is 2.83 bits per heavy atom. The minimum Gasteiger partial charge on any atom is -0.369 e. The van der Waals surface area contributed by atoms with Crippen LogP contribution in [0.3, 0.4) is 0 Å². The van der Waals surface area contributed by atoms with Gasteiger partial charge in [-0.2, -0.15) is 0 Å². The highest BCUT2D eigenvalue weighted by molar-refractivity contribution is 5.79. The van der Waals surface area contributed by atoms with Gasteiger partial charge in [0.15, 0.2) is 11.6 Å². The molecular weight excluding hydrogens is 238 g/mol. The molecule has 18 heavy (non-hydrogen) atoms. The molecule has 1 aromatic heterocycles. The van der Waals surface area contributed by atoms with E-state index in [1.165, 1.54) is 6.07 Å². The lowest BCUT2D eigenvalue weighted by molar-refractivity contribution is 0.394. The molecule has 0 bridgehead atoms. The molecule has 0 saturated carbocycles. The van der Waals surface area contributed by atoms with Gasteiger partial charge in [-0.15, -0.1) is 0 Å². The van der Waals surface area contributed by atoms with Crippen molar-refractivity contribution in [2.45, 2.75) is 12.5 Å². The molecule has 1 atom stereocenters. The molecule has 0 aliphatic carbocycles. The number of aromatic nitrogens is 2. The van der Waals surface area contributed by atoms with Crippen LogP contribution in [0.1, 0.15) is 12.5 Å². The lowest BCUT2D eigenvalue weighted by Crippen LogP contribution is -2.18. The Labute approximate surface area is 103 Å². The SMILES string of the molecule is CN1CCC(n2c(N)nc3ccc(F)c(F)c32)C1. The predicted molar refractivity (Wildman–Crippen MR) is 65.2 cm³/mol. The third-order valence-corrected chi connectivity index (χ3v) is 3.50. The Morgan fingerprint density at radius 1 is 1.39 bits per heavy atom. The summed E-state index contributed by atoms with van der Waals surface area (Å²) in [6.45, 7) is 1.69. The van der Waals surface area contributed by atoms with Gasteiger partial charge >= 0.3 is 0 Å². The fraction of sp³-hybridized carbons (Fsp3) is 0.417. The Kier molecular flexibility index (Phi) is 2.48. The average molecular weight is 252 g/mol. The van der Waals surface area contributed by atoms with Crippen molar-refractivity contribution in [2.24, 2.45) is 0 Å². The molecule has 1 aliphatic rings. The zero-order valence-corrected chi connectivity index (χ0v) is 10.0. The van der Waals surface area contributed by atoms with E-state index in [0.717, 1.165) is 25.6 Å². The van der Waals surface area contributed by atoms with Crippen LogP contribution in [0, 0.1) is 11.6 Å². The normalized spacial score (nSPS) is 20.9. The average Bonchev–Trinajstić information content (AvgIpc) is 2.87. The summed E-state index contributed by atoms with van der Waals surface area (Å²) in [5.74, 6) is -1.49. The molecule has 1 fully saturated rings.